The van der Waals surface area contributed by atoms with E-state index in [1.165, 1.54) is 32.2 Å². The highest BCUT2D eigenvalue weighted by atomic mass is 19.4. The molecule has 0 aliphatic heterocycles. The zero-order chi connectivity index (χ0) is 25.4. The summed E-state index contributed by atoms with van der Waals surface area (Å²) in [5.74, 6) is 0.278. The van der Waals surface area contributed by atoms with Crippen LogP contribution in [0.25, 0.3) is 6.08 Å². The summed E-state index contributed by atoms with van der Waals surface area (Å²) < 4.78 is 54.1. The van der Waals surface area contributed by atoms with Gasteiger partial charge in [0.25, 0.3) is 0 Å². The molecule has 0 aliphatic carbocycles. The summed E-state index contributed by atoms with van der Waals surface area (Å²) in [6.07, 6.45) is -1.27. The van der Waals surface area contributed by atoms with Crippen molar-refractivity contribution in [3.8, 4) is 17.2 Å². The molecule has 0 aliphatic rings. The van der Waals surface area contributed by atoms with E-state index in [9.17, 15) is 22.8 Å². The maximum Gasteiger partial charge on any atom is 0.416 e. The summed E-state index contributed by atoms with van der Waals surface area (Å²) >= 11 is 0. The first-order chi connectivity index (χ1) is 16.7. The molecule has 0 bridgehead atoms. The molecule has 3 aromatic carbocycles. The molecule has 0 saturated heterocycles. The molecular weight excluding hydrogens is 461 g/mol. The third-order valence-electron chi connectivity index (χ3n) is 4.96. The van der Waals surface area contributed by atoms with Gasteiger partial charge in [-0.3, -0.25) is 9.59 Å². The highest BCUT2D eigenvalue weighted by Gasteiger charge is 2.30. The Morgan fingerprint density at radius 1 is 0.914 bits per heavy atom. The number of halogens is 3. The third kappa shape index (κ3) is 7.46. The number of carbonyl (C=O) groups excluding carboxylic acids is 2. The van der Waals surface area contributed by atoms with Gasteiger partial charge in [-0.1, -0.05) is 36.4 Å². The average Bonchev–Trinajstić information content (AvgIpc) is 2.81. The number of esters is 1. The van der Waals surface area contributed by atoms with Crippen LogP contribution < -0.4 is 14.2 Å². The molecule has 35 heavy (non-hydrogen) atoms. The molecule has 0 heterocycles. The number of hydrogen-bond acceptors (Lipinski definition) is 5. The number of ketones is 1. The number of carbonyl (C=O) groups is 2. The summed E-state index contributed by atoms with van der Waals surface area (Å²) in [6, 6.07) is 16.6. The lowest BCUT2D eigenvalue weighted by atomic mass is 10.0. The van der Waals surface area contributed by atoms with Crippen LogP contribution in [0.1, 0.15) is 29.2 Å². The molecular formula is C27H23F3O5. The van der Waals surface area contributed by atoms with Gasteiger partial charge in [0.1, 0.15) is 12.4 Å². The van der Waals surface area contributed by atoms with Crippen LogP contribution in [0.15, 0.2) is 72.8 Å². The zero-order valence-electron chi connectivity index (χ0n) is 19.1. The molecule has 0 saturated carbocycles. The number of allylic oxidation sites excluding steroid dienone is 1. The predicted molar refractivity (Wildman–Crippen MR) is 124 cm³/mol. The third-order valence-corrected chi connectivity index (χ3v) is 4.96. The minimum absolute atomic E-state index is 0.1000. The van der Waals surface area contributed by atoms with Crippen LogP contribution in [-0.4, -0.2) is 18.9 Å². The van der Waals surface area contributed by atoms with E-state index >= 15 is 0 Å². The van der Waals surface area contributed by atoms with Crippen LogP contribution in [0.2, 0.25) is 0 Å². The lowest BCUT2D eigenvalue weighted by Gasteiger charge is -2.11. The van der Waals surface area contributed by atoms with Crippen molar-refractivity contribution in [1.82, 2.24) is 0 Å². The molecule has 5 nitrogen and oxygen atoms in total. The van der Waals surface area contributed by atoms with Crippen molar-refractivity contribution in [2.45, 2.75) is 26.1 Å². The van der Waals surface area contributed by atoms with Crippen molar-refractivity contribution in [3.05, 3.63) is 95.1 Å². The molecule has 182 valence electrons. The molecule has 0 atom stereocenters. The first-order valence-corrected chi connectivity index (χ1v) is 10.6. The number of ether oxygens (including phenoxy) is 3. The number of hydrogen-bond donors (Lipinski definition) is 0. The molecule has 0 amide bonds. The van der Waals surface area contributed by atoms with Crippen molar-refractivity contribution < 1.29 is 37.0 Å². The first kappa shape index (κ1) is 25.6. The van der Waals surface area contributed by atoms with Gasteiger partial charge in [-0.05, 0) is 59.2 Å². The van der Waals surface area contributed by atoms with Crippen LogP contribution in [0.5, 0.6) is 17.2 Å². The minimum Gasteiger partial charge on any atom is -0.493 e. The second-order valence-electron chi connectivity index (χ2n) is 7.56. The summed E-state index contributed by atoms with van der Waals surface area (Å²) in [5.41, 5.74) is 1.38. The molecule has 0 spiro atoms. The Morgan fingerprint density at radius 2 is 1.60 bits per heavy atom. The predicted octanol–water partition coefficient (Wildman–Crippen LogP) is 6.04. The Kier molecular flexibility index (Phi) is 8.30. The maximum atomic E-state index is 12.7. The van der Waals surface area contributed by atoms with Crippen molar-refractivity contribution in [2.24, 2.45) is 0 Å². The van der Waals surface area contributed by atoms with Gasteiger partial charge >= 0.3 is 12.1 Å². The van der Waals surface area contributed by atoms with Crippen LogP contribution in [0, 0.1) is 0 Å². The van der Waals surface area contributed by atoms with Crippen LogP contribution >= 0.6 is 0 Å². The van der Waals surface area contributed by atoms with E-state index in [2.05, 4.69) is 0 Å². The van der Waals surface area contributed by atoms with E-state index in [1.807, 2.05) is 0 Å². The van der Waals surface area contributed by atoms with Gasteiger partial charge in [-0.2, -0.15) is 13.2 Å². The van der Waals surface area contributed by atoms with E-state index < -0.39 is 17.7 Å². The second-order valence-corrected chi connectivity index (χ2v) is 7.56. The van der Waals surface area contributed by atoms with Gasteiger partial charge < -0.3 is 14.2 Å². The number of alkyl halides is 3. The van der Waals surface area contributed by atoms with E-state index in [4.69, 9.17) is 14.2 Å². The monoisotopic (exact) mass is 484 g/mol. The van der Waals surface area contributed by atoms with Gasteiger partial charge in [0.05, 0.1) is 12.7 Å². The summed E-state index contributed by atoms with van der Waals surface area (Å²) in [4.78, 5) is 23.9. The van der Waals surface area contributed by atoms with Crippen LogP contribution in [-0.2, 0) is 28.8 Å². The molecule has 0 radical (unpaired) electrons. The molecule has 0 N–H and O–H groups in total. The van der Waals surface area contributed by atoms with E-state index in [-0.39, 0.29) is 24.6 Å². The van der Waals surface area contributed by atoms with Gasteiger partial charge in [-0.25, -0.2) is 0 Å². The summed E-state index contributed by atoms with van der Waals surface area (Å²) in [5, 5.41) is 0. The zero-order valence-corrected chi connectivity index (χ0v) is 19.1. The largest absolute Gasteiger partial charge is 0.493 e. The van der Waals surface area contributed by atoms with Crippen molar-refractivity contribution in [3.63, 3.8) is 0 Å². The van der Waals surface area contributed by atoms with E-state index in [0.717, 1.165) is 23.3 Å². The van der Waals surface area contributed by atoms with Gasteiger partial charge in [0.2, 0.25) is 0 Å². The molecule has 8 heteroatoms. The Labute approximate surface area is 200 Å². The molecule has 3 rings (SSSR count). The van der Waals surface area contributed by atoms with Crippen molar-refractivity contribution in [2.75, 3.05) is 7.11 Å². The standard InChI is InChI=1S/C27H23F3O5/c1-18(31)35-26-15-19(8-14-25(26)33-2)7-11-23(32)16-20-5-3-4-6-21(20)17-34-24-12-9-22(10-13-24)27(28,29)30/h3-15H,16-17H2,1-2H3/b11-7+. The summed E-state index contributed by atoms with van der Waals surface area (Å²) in [7, 11) is 1.46. The summed E-state index contributed by atoms with van der Waals surface area (Å²) in [6.45, 7) is 1.38. The second kappa shape index (κ2) is 11.4. The highest BCUT2D eigenvalue weighted by Crippen LogP contribution is 2.31. The fraction of sp³-hybridized carbons (Fsp3) is 0.185. The Bertz CT molecular complexity index is 1210. The lowest BCUT2D eigenvalue weighted by Crippen LogP contribution is -2.06. The number of methoxy groups -OCH3 is 1. The Hall–Kier alpha value is -4.07. The highest BCUT2D eigenvalue weighted by molar-refractivity contribution is 5.95. The average molecular weight is 484 g/mol. The molecule has 0 fully saturated rings. The minimum atomic E-state index is -4.41. The normalized spacial score (nSPS) is 11.3. The van der Waals surface area contributed by atoms with Gasteiger partial charge in [0, 0.05) is 13.3 Å². The lowest BCUT2D eigenvalue weighted by molar-refractivity contribution is -0.137. The van der Waals surface area contributed by atoms with Crippen molar-refractivity contribution in [1.29, 1.82) is 0 Å². The quantitative estimate of drug-likeness (QED) is 0.210. The SMILES string of the molecule is COc1ccc(/C=C/C(=O)Cc2ccccc2COc2ccc(C(F)(F)F)cc2)cc1OC(C)=O. The Balaban J connectivity index is 1.65. The molecule has 3 aromatic rings. The fourth-order valence-corrected chi connectivity index (χ4v) is 3.24. The molecule has 0 aromatic heterocycles. The van der Waals surface area contributed by atoms with Crippen LogP contribution in [0.3, 0.4) is 0 Å². The van der Waals surface area contributed by atoms with E-state index in [0.29, 0.717) is 17.1 Å². The fourth-order valence-electron chi connectivity index (χ4n) is 3.24. The smallest absolute Gasteiger partial charge is 0.416 e. The van der Waals surface area contributed by atoms with Crippen LogP contribution in [0.4, 0.5) is 13.2 Å². The van der Waals surface area contributed by atoms with E-state index in [1.54, 1.807) is 48.5 Å². The number of rotatable bonds is 9. The maximum absolute atomic E-state index is 12.7. The van der Waals surface area contributed by atoms with Crippen molar-refractivity contribution >= 4 is 17.8 Å². The topological polar surface area (TPSA) is 61.8 Å². The Morgan fingerprint density at radius 3 is 2.23 bits per heavy atom. The number of benzene rings is 3. The van der Waals surface area contributed by atoms with Gasteiger partial charge in [-0.15, -0.1) is 0 Å². The van der Waals surface area contributed by atoms with Gasteiger partial charge in [0.15, 0.2) is 17.3 Å². The molecule has 0 unspecified atom stereocenters. The first-order valence-electron chi connectivity index (χ1n) is 10.6.